The highest BCUT2D eigenvalue weighted by molar-refractivity contribution is 9.10. The molecular weight excluding hydrogens is 263 g/mol. The Bertz CT molecular complexity index is 393. The number of benzene rings is 1. The molecule has 0 spiro atoms. The molecule has 0 aliphatic rings. The quantitative estimate of drug-likeness (QED) is 0.869. The maximum Gasteiger partial charge on any atom is 0.241 e. The Labute approximate surface area is 96.0 Å². The number of halogens is 2. The van der Waals surface area contributed by atoms with Gasteiger partial charge in [-0.3, -0.25) is 4.79 Å². The molecule has 3 nitrogen and oxygen atoms in total. The molecule has 5 heteroatoms. The second-order valence-corrected chi connectivity index (χ2v) is 4.21. The van der Waals surface area contributed by atoms with E-state index in [2.05, 4.69) is 21.2 Å². The normalized spacial score (nSPS) is 12.3. The van der Waals surface area contributed by atoms with E-state index in [0.717, 1.165) is 0 Å². The predicted octanol–water partition coefficient (Wildman–Crippen LogP) is 2.18. The first-order valence-electron chi connectivity index (χ1n) is 4.44. The van der Waals surface area contributed by atoms with Crippen LogP contribution in [0.1, 0.15) is 12.5 Å². The molecule has 0 fully saturated rings. The summed E-state index contributed by atoms with van der Waals surface area (Å²) in [6.07, 6.45) is 0. The molecule has 0 bridgehead atoms. The second-order valence-electron chi connectivity index (χ2n) is 3.36. The number of nitrogens with two attached hydrogens (primary N) is 1. The number of nitrogens with one attached hydrogen (secondary N) is 1. The molecule has 1 aromatic rings. The lowest BCUT2D eigenvalue weighted by molar-refractivity contribution is -0.117. The van der Waals surface area contributed by atoms with Gasteiger partial charge in [-0.1, -0.05) is 0 Å². The molecule has 0 aromatic heterocycles. The van der Waals surface area contributed by atoms with Crippen molar-refractivity contribution in [3.05, 3.63) is 28.0 Å². The lowest BCUT2D eigenvalue weighted by Gasteiger charge is -2.11. The smallest absolute Gasteiger partial charge is 0.241 e. The van der Waals surface area contributed by atoms with Gasteiger partial charge in [0.1, 0.15) is 5.82 Å². The molecule has 0 aliphatic carbocycles. The summed E-state index contributed by atoms with van der Waals surface area (Å²) in [5, 5.41) is 2.62. The summed E-state index contributed by atoms with van der Waals surface area (Å²) in [7, 11) is 0. The summed E-state index contributed by atoms with van der Waals surface area (Å²) in [4.78, 5) is 11.3. The van der Waals surface area contributed by atoms with Crippen LogP contribution in [0, 0.1) is 12.7 Å². The van der Waals surface area contributed by atoms with Gasteiger partial charge < -0.3 is 11.1 Å². The molecule has 82 valence electrons. The number of anilines is 1. The monoisotopic (exact) mass is 274 g/mol. The molecule has 0 saturated heterocycles. The maximum absolute atomic E-state index is 13.1. The van der Waals surface area contributed by atoms with Crippen molar-refractivity contribution in [2.24, 2.45) is 5.73 Å². The summed E-state index contributed by atoms with van der Waals surface area (Å²) in [6, 6.07) is 2.28. The van der Waals surface area contributed by atoms with Crippen LogP contribution in [0.3, 0.4) is 0 Å². The number of hydrogen-bond acceptors (Lipinski definition) is 2. The van der Waals surface area contributed by atoms with Gasteiger partial charge in [-0.05, 0) is 47.5 Å². The summed E-state index contributed by atoms with van der Waals surface area (Å²) in [5.41, 5.74) is 6.62. The zero-order valence-electron chi connectivity index (χ0n) is 8.47. The molecule has 0 aliphatic heterocycles. The van der Waals surface area contributed by atoms with Gasteiger partial charge in [0.25, 0.3) is 0 Å². The summed E-state index contributed by atoms with van der Waals surface area (Å²) < 4.78 is 13.4. The Balaban J connectivity index is 2.96. The minimum atomic E-state index is -0.590. The van der Waals surface area contributed by atoms with E-state index in [1.807, 2.05) is 0 Å². The molecule has 1 rings (SSSR count). The van der Waals surface area contributed by atoms with E-state index >= 15 is 0 Å². The van der Waals surface area contributed by atoms with E-state index in [-0.39, 0.29) is 11.7 Å². The van der Waals surface area contributed by atoms with Crippen molar-refractivity contribution in [2.45, 2.75) is 19.9 Å². The van der Waals surface area contributed by atoms with Crippen molar-refractivity contribution in [3.8, 4) is 0 Å². The molecule has 1 atom stereocenters. The lowest BCUT2D eigenvalue weighted by atomic mass is 10.2. The van der Waals surface area contributed by atoms with Gasteiger partial charge in [0, 0.05) is 5.69 Å². The van der Waals surface area contributed by atoms with Crippen LogP contribution >= 0.6 is 15.9 Å². The fourth-order valence-electron chi connectivity index (χ4n) is 1.03. The molecule has 1 amide bonds. The topological polar surface area (TPSA) is 55.1 Å². The standard InChI is InChI=1S/C10H12BrFN2O/c1-5-3-8(12)7(11)4-9(5)14-10(15)6(2)13/h3-4,6H,13H2,1-2H3,(H,14,15)/t6-/m1/s1. The third-order valence-electron chi connectivity index (χ3n) is 1.94. The predicted molar refractivity (Wildman–Crippen MR) is 61.1 cm³/mol. The highest BCUT2D eigenvalue weighted by Crippen LogP contribution is 2.24. The van der Waals surface area contributed by atoms with E-state index < -0.39 is 6.04 Å². The Kier molecular flexibility index (Phi) is 3.82. The van der Waals surface area contributed by atoms with Crippen LogP contribution in [0.2, 0.25) is 0 Å². The van der Waals surface area contributed by atoms with Crippen LogP contribution in [0.5, 0.6) is 0 Å². The van der Waals surface area contributed by atoms with E-state index in [9.17, 15) is 9.18 Å². The number of carbonyl (C=O) groups excluding carboxylic acids is 1. The van der Waals surface area contributed by atoms with E-state index in [4.69, 9.17) is 5.73 Å². The fourth-order valence-corrected chi connectivity index (χ4v) is 1.37. The van der Waals surface area contributed by atoms with E-state index in [1.54, 1.807) is 13.8 Å². The molecule has 0 unspecified atom stereocenters. The average Bonchev–Trinajstić information content (AvgIpc) is 2.13. The zero-order chi connectivity index (χ0) is 11.6. The highest BCUT2D eigenvalue weighted by Gasteiger charge is 2.11. The third kappa shape index (κ3) is 3.00. The first kappa shape index (κ1) is 12.1. The highest BCUT2D eigenvalue weighted by atomic mass is 79.9. The number of aryl methyl sites for hydroxylation is 1. The Hall–Kier alpha value is -0.940. The van der Waals surface area contributed by atoms with Crippen molar-refractivity contribution in [3.63, 3.8) is 0 Å². The molecule has 0 saturated carbocycles. The van der Waals surface area contributed by atoms with E-state index in [0.29, 0.717) is 15.7 Å². The number of carbonyl (C=O) groups is 1. The SMILES string of the molecule is Cc1cc(F)c(Br)cc1NC(=O)[C@@H](C)N. The van der Waals surface area contributed by atoms with Crippen LogP contribution in [-0.4, -0.2) is 11.9 Å². The van der Waals surface area contributed by atoms with Crippen LogP contribution < -0.4 is 11.1 Å². The van der Waals surface area contributed by atoms with Gasteiger partial charge in [0.15, 0.2) is 0 Å². The largest absolute Gasteiger partial charge is 0.324 e. The molecule has 0 heterocycles. The Morgan fingerprint density at radius 3 is 2.73 bits per heavy atom. The van der Waals surface area contributed by atoms with Crippen molar-refractivity contribution in [1.82, 2.24) is 0 Å². The van der Waals surface area contributed by atoms with Crippen LogP contribution in [0.4, 0.5) is 10.1 Å². The van der Waals surface area contributed by atoms with Gasteiger partial charge in [0.05, 0.1) is 10.5 Å². The van der Waals surface area contributed by atoms with Gasteiger partial charge in [-0.2, -0.15) is 0 Å². The summed E-state index contributed by atoms with van der Waals surface area (Å²) in [5.74, 6) is -0.650. The average molecular weight is 275 g/mol. The fraction of sp³-hybridized carbons (Fsp3) is 0.300. The third-order valence-corrected chi connectivity index (χ3v) is 2.55. The minimum absolute atomic E-state index is 0.295. The second kappa shape index (κ2) is 4.72. The Morgan fingerprint density at radius 1 is 1.60 bits per heavy atom. The van der Waals surface area contributed by atoms with Gasteiger partial charge in [-0.25, -0.2) is 4.39 Å². The molecule has 15 heavy (non-hydrogen) atoms. The van der Waals surface area contributed by atoms with E-state index in [1.165, 1.54) is 12.1 Å². The first-order valence-corrected chi connectivity index (χ1v) is 5.23. The summed E-state index contributed by atoms with van der Waals surface area (Å²) in [6.45, 7) is 3.30. The number of amides is 1. The maximum atomic E-state index is 13.1. The summed E-state index contributed by atoms with van der Waals surface area (Å²) >= 11 is 3.05. The number of rotatable bonds is 2. The molecular formula is C10H12BrFN2O. The molecule has 0 radical (unpaired) electrons. The van der Waals surface area contributed by atoms with Crippen LogP contribution in [0.25, 0.3) is 0 Å². The van der Waals surface area contributed by atoms with Gasteiger partial charge >= 0.3 is 0 Å². The minimum Gasteiger partial charge on any atom is -0.324 e. The van der Waals surface area contributed by atoms with Crippen molar-refractivity contribution in [1.29, 1.82) is 0 Å². The van der Waals surface area contributed by atoms with Crippen molar-refractivity contribution < 1.29 is 9.18 Å². The number of hydrogen-bond donors (Lipinski definition) is 2. The van der Waals surface area contributed by atoms with Gasteiger partial charge in [0.2, 0.25) is 5.91 Å². The van der Waals surface area contributed by atoms with Crippen LogP contribution in [0.15, 0.2) is 16.6 Å². The van der Waals surface area contributed by atoms with Crippen molar-refractivity contribution in [2.75, 3.05) is 5.32 Å². The lowest BCUT2D eigenvalue weighted by Crippen LogP contribution is -2.32. The first-order chi connectivity index (χ1) is 6.91. The van der Waals surface area contributed by atoms with Crippen LogP contribution in [-0.2, 0) is 4.79 Å². The Morgan fingerprint density at radius 2 is 2.20 bits per heavy atom. The molecule has 1 aromatic carbocycles. The molecule has 3 N–H and O–H groups in total. The zero-order valence-corrected chi connectivity index (χ0v) is 10.1. The van der Waals surface area contributed by atoms with Crippen molar-refractivity contribution >= 4 is 27.5 Å². The van der Waals surface area contributed by atoms with Gasteiger partial charge in [-0.15, -0.1) is 0 Å².